The SMILES string of the molecule is CC[C@@H](NC(=O)[C@@H]1CN(S(=O)(=O)CC)c2ccccc2O1)c1ccc(C)cc1C. The molecule has 1 aliphatic heterocycles. The van der Waals surface area contributed by atoms with Gasteiger partial charge in [0.05, 0.1) is 24.0 Å². The maximum atomic E-state index is 13.0. The van der Waals surface area contributed by atoms with Crippen LogP contribution in [0.25, 0.3) is 0 Å². The van der Waals surface area contributed by atoms with Gasteiger partial charge in [-0.25, -0.2) is 8.42 Å². The highest BCUT2D eigenvalue weighted by molar-refractivity contribution is 7.92. The molecule has 0 radical (unpaired) electrons. The Morgan fingerprint density at radius 2 is 1.93 bits per heavy atom. The first-order valence-corrected chi connectivity index (χ1v) is 11.5. The van der Waals surface area contributed by atoms with Crippen LogP contribution in [0.4, 0.5) is 5.69 Å². The summed E-state index contributed by atoms with van der Waals surface area (Å²) < 4.78 is 32.4. The van der Waals surface area contributed by atoms with Gasteiger partial charge in [0.2, 0.25) is 10.0 Å². The monoisotopic (exact) mass is 416 g/mol. The highest BCUT2D eigenvalue weighted by atomic mass is 32.2. The van der Waals surface area contributed by atoms with Gasteiger partial charge in [-0.15, -0.1) is 0 Å². The summed E-state index contributed by atoms with van der Waals surface area (Å²) in [5, 5.41) is 3.05. The Kier molecular flexibility index (Phi) is 6.17. The zero-order valence-corrected chi connectivity index (χ0v) is 18.1. The fraction of sp³-hybridized carbons (Fsp3) is 0.409. The normalized spacial score (nSPS) is 17.2. The number of sulfonamides is 1. The summed E-state index contributed by atoms with van der Waals surface area (Å²) in [6.07, 6.45) is -0.193. The van der Waals surface area contributed by atoms with Gasteiger partial charge in [0.15, 0.2) is 6.10 Å². The molecule has 0 aromatic heterocycles. The Morgan fingerprint density at radius 3 is 2.59 bits per heavy atom. The van der Waals surface area contributed by atoms with Gasteiger partial charge < -0.3 is 10.1 Å². The summed E-state index contributed by atoms with van der Waals surface area (Å²) in [4.78, 5) is 13.0. The summed E-state index contributed by atoms with van der Waals surface area (Å²) in [6.45, 7) is 7.62. The molecule has 3 rings (SSSR count). The van der Waals surface area contributed by atoms with Gasteiger partial charge in [-0.1, -0.05) is 42.8 Å². The third-order valence-electron chi connectivity index (χ3n) is 5.25. The Morgan fingerprint density at radius 1 is 1.21 bits per heavy atom. The number of ether oxygens (including phenoxy) is 1. The van der Waals surface area contributed by atoms with Crippen LogP contribution in [-0.2, 0) is 14.8 Å². The van der Waals surface area contributed by atoms with Gasteiger partial charge in [0, 0.05) is 0 Å². The Labute approximate surface area is 172 Å². The van der Waals surface area contributed by atoms with Crippen LogP contribution in [0.5, 0.6) is 5.75 Å². The Balaban J connectivity index is 1.85. The van der Waals surface area contributed by atoms with Crippen molar-refractivity contribution in [1.29, 1.82) is 0 Å². The van der Waals surface area contributed by atoms with Crippen LogP contribution in [0.2, 0.25) is 0 Å². The number of amides is 1. The average molecular weight is 417 g/mol. The van der Waals surface area contributed by atoms with E-state index >= 15 is 0 Å². The van der Waals surface area contributed by atoms with Crippen LogP contribution in [0.1, 0.15) is 43.0 Å². The van der Waals surface area contributed by atoms with Gasteiger partial charge in [0.1, 0.15) is 5.75 Å². The summed E-state index contributed by atoms with van der Waals surface area (Å²) in [6, 6.07) is 12.9. The van der Waals surface area contributed by atoms with E-state index in [2.05, 4.69) is 11.4 Å². The van der Waals surface area contributed by atoms with Gasteiger partial charge >= 0.3 is 0 Å². The smallest absolute Gasteiger partial charge is 0.263 e. The number of nitrogens with one attached hydrogen (secondary N) is 1. The maximum absolute atomic E-state index is 13.0. The van der Waals surface area contributed by atoms with Crippen molar-refractivity contribution >= 4 is 21.6 Å². The van der Waals surface area contributed by atoms with Gasteiger partial charge in [0.25, 0.3) is 5.91 Å². The van der Waals surface area contributed by atoms with Gasteiger partial charge in [-0.3, -0.25) is 9.10 Å². The highest BCUT2D eigenvalue weighted by Gasteiger charge is 2.36. The van der Waals surface area contributed by atoms with Crippen molar-refractivity contribution in [3.63, 3.8) is 0 Å². The number of anilines is 1. The molecular weight excluding hydrogens is 388 g/mol. The fourth-order valence-corrected chi connectivity index (χ4v) is 4.76. The number of carbonyl (C=O) groups is 1. The quantitative estimate of drug-likeness (QED) is 0.782. The molecular formula is C22H28N2O4S. The first-order valence-electron chi connectivity index (χ1n) is 9.90. The standard InChI is InChI=1S/C22H28N2O4S/c1-5-18(17-12-11-15(3)13-16(17)4)23-22(25)21-14-24(29(26,27)6-2)19-9-7-8-10-20(19)28-21/h7-13,18,21H,5-6,14H2,1-4H3,(H,23,25)/t18-,21+/m1/s1. The van der Waals surface area contributed by atoms with Crippen LogP contribution in [0.15, 0.2) is 42.5 Å². The zero-order chi connectivity index (χ0) is 21.2. The van der Waals surface area contributed by atoms with E-state index in [1.165, 1.54) is 9.87 Å². The van der Waals surface area contributed by atoms with Crippen LogP contribution in [0, 0.1) is 13.8 Å². The van der Waals surface area contributed by atoms with Crippen molar-refractivity contribution in [3.8, 4) is 5.75 Å². The molecule has 29 heavy (non-hydrogen) atoms. The molecule has 2 aromatic carbocycles. The van der Waals surface area contributed by atoms with Gasteiger partial charge in [-0.2, -0.15) is 0 Å². The number of nitrogens with zero attached hydrogens (tertiary/aromatic N) is 1. The molecule has 0 spiro atoms. The van der Waals surface area contributed by atoms with E-state index in [0.29, 0.717) is 11.4 Å². The number of fused-ring (bicyclic) bond motifs is 1. The van der Waals surface area contributed by atoms with E-state index in [1.54, 1.807) is 31.2 Å². The minimum absolute atomic E-state index is 0.0394. The van der Waals surface area contributed by atoms with Crippen molar-refractivity contribution < 1.29 is 17.9 Å². The van der Waals surface area contributed by atoms with Crippen LogP contribution >= 0.6 is 0 Å². The third kappa shape index (κ3) is 4.40. The Hall–Kier alpha value is -2.54. The molecule has 0 fully saturated rings. The summed E-state index contributed by atoms with van der Waals surface area (Å²) >= 11 is 0. The number of benzene rings is 2. The lowest BCUT2D eigenvalue weighted by Gasteiger charge is -2.35. The number of hydrogen-bond acceptors (Lipinski definition) is 4. The first kappa shape index (κ1) is 21.2. The topological polar surface area (TPSA) is 75.7 Å². The summed E-state index contributed by atoms with van der Waals surface area (Å²) in [5.41, 5.74) is 3.81. The van der Waals surface area contributed by atoms with Crippen LogP contribution < -0.4 is 14.4 Å². The number of carbonyl (C=O) groups excluding carboxylic acids is 1. The highest BCUT2D eigenvalue weighted by Crippen LogP contribution is 2.35. The molecule has 2 aromatic rings. The molecule has 0 unspecified atom stereocenters. The molecule has 156 valence electrons. The molecule has 1 heterocycles. The lowest BCUT2D eigenvalue weighted by atomic mass is 9.97. The second-order valence-corrected chi connectivity index (χ2v) is 9.52. The predicted octanol–water partition coefficient (Wildman–Crippen LogP) is 3.49. The molecule has 0 bridgehead atoms. The summed E-state index contributed by atoms with van der Waals surface area (Å²) in [5.74, 6) is 0.0358. The summed E-state index contributed by atoms with van der Waals surface area (Å²) in [7, 11) is -3.53. The van der Waals surface area contributed by atoms with Crippen molar-refractivity contribution in [1.82, 2.24) is 5.32 Å². The van der Waals surface area contributed by atoms with E-state index in [0.717, 1.165) is 17.5 Å². The van der Waals surface area contributed by atoms with E-state index in [9.17, 15) is 13.2 Å². The second kappa shape index (κ2) is 8.45. The molecule has 7 heteroatoms. The van der Waals surface area contributed by atoms with Crippen molar-refractivity contribution in [2.45, 2.75) is 46.3 Å². The first-order chi connectivity index (χ1) is 13.8. The van der Waals surface area contributed by atoms with E-state index in [1.807, 2.05) is 32.9 Å². The molecule has 0 saturated carbocycles. The number of aryl methyl sites for hydroxylation is 2. The lowest BCUT2D eigenvalue weighted by Crippen LogP contribution is -2.51. The molecule has 0 aliphatic carbocycles. The number of hydrogen-bond donors (Lipinski definition) is 1. The molecule has 6 nitrogen and oxygen atoms in total. The van der Waals surface area contributed by atoms with Gasteiger partial charge in [-0.05, 0) is 50.5 Å². The largest absolute Gasteiger partial charge is 0.476 e. The minimum Gasteiger partial charge on any atom is -0.476 e. The second-order valence-electron chi connectivity index (χ2n) is 7.34. The fourth-order valence-electron chi connectivity index (χ4n) is 3.64. The molecule has 1 amide bonds. The van der Waals surface area contributed by atoms with E-state index < -0.39 is 16.1 Å². The molecule has 1 aliphatic rings. The maximum Gasteiger partial charge on any atom is 0.263 e. The van der Waals surface area contributed by atoms with Crippen LogP contribution in [-0.4, -0.2) is 32.7 Å². The molecule has 2 atom stereocenters. The zero-order valence-electron chi connectivity index (χ0n) is 17.3. The number of para-hydroxylation sites is 2. The Bertz CT molecular complexity index is 1000. The van der Waals surface area contributed by atoms with Crippen molar-refractivity contribution in [2.24, 2.45) is 0 Å². The molecule has 1 N–H and O–H groups in total. The van der Waals surface area contributed by atoms with Crippen molar-refractivity contribution in [2.75, 3.05) is 16.6 Å². The van der Waals surface area contributed by atoms with Crippen molar-refractivity contribution in [3.05, 3.63) is 59.2 Å². The number of rotatable bonds is 6. The van der Waals surface area contributed by atoms with E-state index in [-0.39, 0.29) is 24.2 Å². The van der Waals surface area contributed by atoms with E-state index in [4.69, 9.17) is 4.74 Å². The molecule has 0 saturated heterocycles. The third-order valence-corrected chi connectivity index (χ3v) is 7.00. The average Bonchev–Trinajstić information content (AvgIpc) is 2.71. The minimum atomic E-state index is -3.53. The lowest BCUT2D eigenvalue weighted by molar-refractivity contribution is -0.128. The van der Waals surface area contributed by atoms with Crippen LogP contribution in [0.3, 0.4) is 0 Å². The predicted molar refractivity (Wildman–Crippen MR) is 115 cm³/mol.